The van der Waals surface area contributed by atoms with Crippen molar-refractivity contribution in [1.82, 2.24) is 9.97 Å². The van der Waals surface area contributed by atoms with E-state index in [1.807, 2.05) is 0 Å². The molecule has 1 aromatic carbocycles. The quantitative estimate of drug-likeness (QED) is 0.673. The third-order valence-corrected chi connectivity index (χ3v) is 2.32. The van der Waals surface area contributed by atoms with Gasteiger partial charge < -0.3 is 10.5 Å². The van der Waals surface area contributed by atoms with E-state index >= 15 is 0 Å². The van der Waals surface area contributed by atoms with E-state index in [4.69, 9.17) is 10.5 Å². The average molecular weight is 264 g/mol. The van der Waals surface area contributed by atoms with Gasteiger partial charge in [0.25, 0.3) is 5.69 Å². The number of aromatic nitrogens is 2. The van der Waals surface area contributed by atoms with Crippen LogP contribution >= 0.6 is 0 Å². The minimum absolute atomic E-state index is 0.0552. The number of benzene rings is 1. The van der Waals surface area contributed by atoms with Crippen LogP contribution in [0, 0.1) is 22.9 Å². The number of hydrogen-bond donors (Lipinski definition) is 1. The Kier molecular flexibility index (Phi) is 3.23. The van der Waals surface area contributed by atoms with Crippen LogP contribution in [-0.4, -0.2) is 14.9 Å². The number of nitro benzene ring substituents is 1. The van der Waals surface area contributed by atoms with Crippen LogP contribution in [0.1, 0.15) is 5.56 Å². The van der Waals surface area contributed by atoms with Crippen LogP contribution in [0.25, 0.3) is 0 Å². The third kappa shape index (κ3) is 2.73. The second-order valence-corrected chi connectivity index (χ2v) is 3.71. The zero-order valence-electron chi connectivity index (χ0n) is 9.83. The Balaban J connectivity index is 2.36. The monoisotopic (exact) mass is 264 g/mol. The van der Waals surface area contributed by atoms with Crippen LogP contribution in [0.3, 0.4) is 0 Å². The summed E-state index contributed by atoms with van der Waals surface area (Å²) < 4.78 is 18.8. The Hall–Kier alpha value is -2.77. The van der Waals surface area contributed by atoms with Gasteiger partial charge >= 0.3 is 0 Å². The molecular weight excluding hydrogens is 255 g/mol. The van der Waals surface area contributed by atoms with Gasteiger partial charge in [-0.2, -0.15) is 0 Å². The first-order chi connectivity index (χ1) is 8.97. The molecule has 0 bridgehead atoms. The van der Waals surface area contributed by atoms with Crippen molar-refractivity contribution in [2.45, 2.75) is 6.92 Å². The van der Waals surface area contributed by atoms with E-state index in [1.165, 1.54) is 25.4 Å². The molecule has 0 amide bonds. The fourth-order valence-electron chi connectivity index (χ4n) is 1.44. The van der Waals surface area contributed by atoms with Crippen LogP contribution in [-0.2, 0) is 0 Å². The van der Waals surface area contributed by atoms with Gasteiger partial charge in [0.05, 0.1) is 11.0 Å². The molecule has 1 aromatic heterocycles. The lowest BCUT2D eigenvalue weighted by atomic mass is 10.2. The normalized spacial score (nSPS) is 10.2. The van der Waals surface area contributed by atoms with Crippen molar-refractivity contribution in [3.8, 4) is 11.6 Å². The molecule has 0 spiro atoms. The van der Waals surface area contributed by atoms with E-state index in [2.05, 4.69) is 9.97 Å². The maximum absolute atomic E-state index is 13.7. The highest BCUT2D eigenvalue weighted by molar-refractivity contribution is 5.46. The van der Waals surface area contributed by atoms with Crippen molar-refractivity contribution in [1.29, 1.82) is 0 Å². The predicted octanol–water partition coefficient (Wildman–Crippen LogP) is 2.21. The molecule has 0 radical (unpaired) electrons. The molecule has 1 heterocycles. The van der Waals surface area contributed by atoms with Crippen LogP contribution in [0.2, 0.25) is 0 Å². The number of aryl methyl sites for hydroxylation is 1. The molecular formula is C11H9FN4O3. The van der Waals surface area contributed by atoms with Gasteiger partial charge in [0.2, 0.25) is 5.88 Å². The van der Waals surface area contributed by atoms with E-state index < -0.39 is 10.7 Å². The molecule has 2 N–H and O–H groups in total. The number of nitro groups is 1. The van der Waals surface area contributed by atoms with Crippen molar-refractivity contribution >= 4 is 11.5 Å². The molecule has 8 heteroatoms. The number of rotatable bonds is 3. The number of nitrogen functional groups attached to an aromatic ring is 1. The molecule has 0 unspecified atom stereocenters. The highest BCUT2D eigenvalue weighted by atomic mass is 19.1. The summed E-state index contributed by atoms with van der Waals surface area (Å²) in [5.41, 5.74) is 5.40. The van der Waals surface area contributed by atoms with E-state index in [0.717, 1.165) is 6.07 Å². The summed E-state index contributed by atoms with van der Waals surface area (Å²) >= 11 is 0. The van der Waals surface area contributed by atoms with Crippen molar-refractivity contribution in [2.75, 3.05) is 5.73 Å². The van der Waals surface area contributed by atoms with Gasteiger partial charge in [-0.05, 0) is 13.0 Å². The van der Waals surface area contributed by atoms with Gasteiger partial charge in [0, 0.05) is 11.6 Å². The molecule has 19 heavy (non-hydrogen) atoms. The fraction of sp³-hybridized carbons (Fsp3) is 0.0909. The van der Waals surface area contributed by atoms with E-state index in [9.17, 15) is 14.5 Å². The Bertz CT molecular complexity index is 648. The summed E-state index contributed by atoms with van der Waals surface area (Å²) in [5, 5.41) is 10.6. The zero-order chi connectivity index (χ0) is 14.0. The third-order valence-electron chi connectivity index (χ3n) is 2.32. The van der Waals surface area contributed by atoms with Crippen molar-refractivity contribution in [2.24, 2.45) is 0 Å². The van der Waals surface area contributed by atoms with E-state index in [1.54, 1.807) is 0 Å². The standard InChI is InChI=1S/C11H9FN4O3/c1-6-2-9(7(12)3-8(6)16(17)18)19-11-4-10(13)14-5-15-11/h2-5H,1H3,(H2,13,14,15). The van der Waals surface area contributed by atoms with Gasteiger partial charge in [-0.3, -0.25) is 10.1 Å². The maximum atomic E-state index is 13.7. The molecule has 0 saturated heterocycles. The van der Waals surface area contributed by atoms with Gasteiger partial charge in [-0.25, -0.2) is 14.4 Å². The molecule has 0 aliphatic rings. The summed E-state index contributed by atoms with van der Waals surface area (Å²) in [4.78, 5) is 17.4. The number of ether oxygens (including phenoxy) is 1. The Morgan fingerprint density at radius 3 is 2.74 bits per heavy atom. The minimum atomic E-state index is -0.852. The number of nitrogens with zero attached hydrogens (tertiary/aromatic N) is 3. The Morgan fingerprint density at radius 2 is 2.11 bits per heavy atom. The average Bonchev–Trinajstić information content (AvgIpc) is 2.33. The lowest BCUT2D eigenvalue weighted by molar-refractivity contribution is -0.385. The van der Waals surface area contributed by atoms with Crippen LogP contribution in [0.15, 0.2) is 24.5 Å². The molecule has 0 saturated carbocycles. The first-order valence-electron chi connectivity index (χ1n) is 5.17. The first kappa shape index (κ1) is 12.7. The maximum Gasteiger partial charge on any atom is 0.275 e. The Morgan fingerprint density at radius 1 is 1.37 bits per heavy atom. The lowest BCUT2D eigenvalue weighted by Gasteiger charge is -2.07. The molecule has 0 aliphatic carbocycles. The lowest BCUT2D eigenvalue weighted by Crippen LogP contribution is -1.98. The first-order valence-corrected chi connectivity index (χ1v) is 5.17. The molecule has 0 fully saturated rings. The summed E-state index contributed by atoms with van der Waals surface area (Å²) in [5.74, 6) is -0.792. The molecule has 0 aliphatic heterocycles. The van der Waals surface area contributed by atoms with E-state index in [0.29, 0.717) is 0 Å². The summed E-state index contributed by atoms with van der Waals surface area (Å²) in [7, 11) is 0. The van der Waals surface area contributed by atoms with Crippen LogP contribution < -0.4 is 10.5 Å². The van der Waals surface area contributed by atoms with Gasteiger partial charge in [-0.1, -0.05) is 0 Å². The predicted molar refractivity (Wildman–Crippen MR) is 64.3 cm³/mol. The molecule has 0 atom stereocenters. The number of hydrogen-bond acceptors (Lipinski definition) is 6. The summed E-state index contributed by atoms with van der Waals surface area (Å²) in [6.45, 7) is 1.48. The van der Waals surface area contributed by atoms with Crippen LogP contribution in [0.4, 0.5) is 15.9 Å². The minimum Gasteiger partial charge on any atom is -0.436 e. The number of anilines is 1. The second kappa shape index (κ2) is 4.84. The van der Waals surface area contributed by atoms with Crippen LogP contribution in [0.5, 0.6) is 11.6 Å². The highest BCUT2D eigenvalue weighted by Gasteiger charge is 2.17. The van der Waals surface area contributed by atoms with Gasteiger partial charge in [-0.15, -0.1) is 0 Å². The smallest absolute Gasteiger partial charge is 0.275 e. The van der Waals surface area contributed by atoms with Gasteiger partial charge in [0.15, 0.2) is 11.6 Å². The topological polar surface area (TPSA) is 104 Å². The molecule has 2 rings (SSSR count). The molecule has 2 aromatic rings. The zero-order valence-corrected chi connectivity index (χ0v) is 9.83. The number of halogens is 1. The summed E-state index contributed by atoms with van der Waals surface area (Å²) in [6.07, 6.45) is 1.17. The second-order valence-electron chi connectivity index (χ2n) is 3.71. The van der Waals surface area contributed by atoms with Gasteiger partial charge in [0.1, 0.15) is 12.1 Å². The fourth-order valence-corrected chi connectivity index (χ4v) is 1.44. The molecule has 98 valence electrons. The largest absolute Gasteiger partial charge is 0.436 e. The van der Waals surface area contributed by atoms with E-state index in [-0.39, 0.29) is 28.7 Å². The SMILES string of the molecule is Cc1cc(Oc2cc(N)ncn2)c(F)cc1[N+](=O)[O-]. The summed E-state index contributed by atoms with van der Waals surface area (Å²) in [6, 6.07) is 3.34. The number of nitrogens with two attached hydrogens (primary N) is 1. The highest BCUT2D eigenvalue weighted by Crippen LogP contribution is 2.29. The molecule has 7 nitrogen and oxygen atoms in total. The van der Waals surface area contributed by atoms with Crippen molar-refractivity contribution in [3.63, 3.8) is 0 Å². The van der Waals surface area contributed by atoms with Crippen molar-refractivity contribution < 1.29 is 14.1 Å². The Labute approximate surface area is 107 Å². The van der Waals surface area contributed by atoms with Crippen molar-refractivity contribution in [3.05, 3.63) is 46.0 Å².